The molecule has 1 saturated heterocycles. The first-order valence-corrected chi connectivity index (χ1v) is 11.7. The maximum Gasteiger partial charge on any atom is 0.239 e. The van der Waals surface area contributed by atoms with E-state index in [1.165, 1.54) is 18.9 Å². The molecule has 2 aliphatic rings. The van der Waals surface area contributed by atoms with Crippen molar-refractivity contribution in [3.05, 3.63) is 29.6 Å². The van der Waals surface area contributed by atoms with Crippen molar-refractivity contribution in [3.8, 4) is 5.75 Å². The summed E-state index contributed by atoms with van der Waals surface area (Å²) >= 11 is 0. The average molecular weight is 576 g/mol. The van der Waals surface area contributed by atoms with Gasteiger partial charge in [-0.25, -0.2) is 4.39 Å². The molecule has 1 amide bonds. The van der Waals surface area contributed by atoms with Crippen LogP contribution in [0.1, 0.15) is 50.6 Å². The lowest BCUT2D eigenvalue weighted by Crippen LogP contribution is -2.44. The van der Waals surface area contributed by atoms with E-state index in [2.05, 4.69) is 20.5 Å². The van der Waals surface area contributed by atoms with E-state index < -0.39 is 0 Å². The van der Waals surface area contributed by atoms with Crippen LogP contribution in [0.5, 0.6) is 5.75 Å². The number of likely N-dealkylation sites (tertiary alicyclic amines) is 1. The molecule has 2 fully saturated rings. The summed E-state index contributed by atoms with van der Waals surface area (Å²) in [5.41, 5.74) is 0.839. The van der Waals surface area contributed by atoms with Crippen LogP contribution in [-0.4, -0.2) is 75.1 Å². The van der Waals surface area contributed by atoms with Crippen LogP contribution in [0, 0.1) is 11.7 Å². The maximum atomic E-state index is 14.4. The minimum atomic E-state index is -0.327. The van der Waals surface area contributed by atoms with Gasteiger partial charge in [-0.3, -0.25) is 14.7 Å². The first-order valence-electron chi connectivity index (χ1n) is 11.7. The third-order valence-corrected chi connectivity index (χ3v) is 6.21. The van der Waals surface area contributed by atoms with Crippen LogP contribution < -0.4 is 15.4 Å². The Morgan fingerprint density at radius 1 is 1.33 bits per heavy atom. The summed E-state index contributed by atoms with van der Waals surface area (Å²) < 4.78 is 20.0. The monoisotopic (exact) mass is 575 g/mol. The number of hydrogen-bond acceptors (Lipinski definition) is 4. The molecule has 0 spiro atoms. The van der Waals surface area contributed by atoms with Crippen molar-refractivity contribution in [1.82, 2.24) is 20.4 Å². The van der Waals surface area contributed by atoms with Gasteiger partial charge in [0.2, 0.25) is 5.91 Å². The molecular weight excluding hydrogens is 536 g/mol. The van der Waals surface area contributed by atoms with Crippen molar-refractivity contribution >= 4 is 35.8 Å². The molecule has 9 heteroatoms. The number of guanidine groups is 1. The second-order valence-electron chi connectivity index (χ2n) is 9.09. The zero-order valence-electron chi connectivity index (χ0n) is 20.3. The highest BCUT2D eigenvalue weighted by Crippen LogP contribution is 2.30. The van der Waals surface area contributed by atoms with Gasteiger partial charge in [0.1, 0.15) is 0 Å². The summed E-state index contributed by atoms with van der Waals surface area (Å²) in [6, 6.07) is 5.04. The highest BCUT2D eigenvalue weighted by molar-refractivity contribution is 14.0. The van der Waals surface area contributed by atoms with E-state index in [1.807, 2.05) is 27.1 Å². The molecule has 1 aromatic rings. The highest BCUT2D eigenvalue weighted by atomic mass is 127. The molecule has 1 saturated carbocycles. The Bertz CT molecular complexity index is 803. The number of nitrogens with one attached hydrogen (secondary N) is 2. The third-order valence-electron chi connectivity index (χ3n) is 6.21. The number of nitrogens with zero attached hydrogens (tertiary/aromatic N) is 3. The van der Waals surface area contributed by atoms with Gasteiger partial charge in [-0.1, -0.05) is 6.07 Å². The van der Waals surface area contributed by atoms with Crippen molar-refractivity contribution in [2.75, 3.05) is 47.4 Å². The molecule has 2 atom stereocenters. The maximum absolute atomic E-state index is 14.4. The minimum Gasteiger partial charge on any atom is -0.490 e. The fourth-order valence-corrected chi connectivity index (χ4v) is 4.04. The average Bonchev–Trinajstić information content (AvgIpc) is 3.49. The second-order valence-corrected chi connectivity index (χ2v) is 9.09. The summed E-state index contributed by atoms with van der Waals surface area (Å²) in [5, 5.41) is 6.64. The highest BCUT2D eigenvalue weighted by Gasteiger charge is 2.31. The minimum absolute atomic E-state index is 0. The van der Waals surface area contributed by atoms with Gasteiger partial charge in [-0.15, -0.1) is 24.0 Å². The molecular formula is C24H39FIN5O2. The van der Waals surface area contributed by atoms with Crippen molar-refractivity contribution < 1.29 is 13.9 Å². The van der Waals surface area contributed by atoms with Crippen molar-refractivity contribution in [2.45, 2.75) is 51.1 Å². The van der Waals surface area contributed by atoms with Crippen LogP contribution in [0.2, 0.25) is 0 Å². The van der Waals surface area contributed by atoms with Gasteiger partial charge in [0.05, 0.1) is 18.7 Å². The van der Waals surface area contributed by atoms with Crippen molar-refractivity contribution in [3.63, 3.8) is 0 Å². The number of benzene rings is 1. The predicted molar refractivity (Wildman–Crippen MR) is 141 cm³/mol. The van der Waals surface area contributed by atoms with Crippen LogP contribution in [-0.2, 0) is 4.79 Å². The van der Waals surface area contributed by atoms with E-state index in [1.54, 1.807) is 18.0 Å². The Balaban J connectivity index is 0.00000385. The van der Waals surface area contributed by atoms with Crippen LogP contribution in [0.15, 0.2) is 23.2 Å². The third kappa shape index (κ3) is 8.27. The van der Waals surface area contributed by atoms with E-state index in [0.29, 0.717) is 24.2 Å². The standard InChI is InChI=1S/C24H38FN5O2.HI/c1-17(19-10-11-22(20(25)15-19)32-16-18-8-9-18)28-24(26-2)27-12-6-14-30-13-5-7-21(30)23(31)29(3)4;/h10-11,15,17-18,21H,5-9,12-14,16H2,1-4H3,(H2,26,27,28);1H. The first kappa shape index (κ1) is 27.6. The van der Waals surface area contributed by atoms with Crippen LogP contribution >= 0.6 is 24.0 Å². The van der Waals surface area contributed by atoms with Crippen molar-refractivity contribution in [2.24, 2.45) is 10.9 Å². The molecule has 0 bridgehead atoms. The fourth-order valence-electron chi connectivity index (χ4n) is 4.04. The zero-order valence-corrected chi connectivity index (χ0v) is 22.6. The molecule has 186 valence electrons. The number of carbonyl (C=O) groups is 1. The van der Waals surface area contributed by atoms with Gasteiger partial charge in [0.15, 0.2) is 17.5 Å². The Hall–Kier alpha value is -1.62. The number of aliphatic imine (C=N–C) groups is 1. The van der Waals surface area contributed by atoms with Crippen molar-refractivity contribution in [1.29, 1.82) is 0 Å². The summed E-state index contributed by atoms with van der Waals surface area (Å²) in [6.07, 6.45) is 5.28. The molecule has 7 nitrogen and oxygen atoms in total. The second kappa shape index (κ2) is 13.3. The summed E-state index contributed by atoms with van der Waals surface area (Å²) in [5.74, 6) is 1.46. The van der Waals surface area contributed by atoms with E-state index >= 15 is 0 Å². The van der Waals surface area contributed by atoms with Gasteiger partial charge >= 0.3 is 0 Å². The molecule has 0 radical (unpaired) electrons. The van der Waals surface area contributed by atoms with Gasteiger partial charge < -0.3 is 20.3 Å². The largest absolute Gasteiger partial charge is 0.490 e. The molecule has 0 aromatic heterocycles. The van der Waals surface area contributed by atoms with Crippen LogP contribution in [0.25, 0.3) is 0 Å². The Kier molecular flexibility index (Phi) is 11.1. The summed E-state index contributed by atoms with van der Waals surface area (Å²) in [7, 11) is 5.36. The topological polar surface area (TPSA) is 69.2 Å². The normalized spacial score (nSPS) is 19.5. The number of hydrogen-bond donors (Lipinski definition) is 2. The predicted octanol–water partition coefficient (Wildman–Crippen LogP) is 3.40. The number of carbonyl (C=O) groups excluding carboxylic acids is 1. The van der Waals surface area contributed by atoms with Crippen LogP contribution in [0.3, 0.4) is 0 Å². The van der Waals surface area contributed by atoms with E-state index in [9.17, 15) is 9.18 Å². The Labute approximate surface area is 214 Å². The number of ether oxygens (including phenoxy) is 1. The van der Waals surface area contributed by atoms with Gasteiger partial charge in [0, 0.05) is 34.2 Å². The molecule has 1 aliphatic carbocycles. The van der Waals surface area contributed by atoms with Gasteiger partial charge in [0.25, 0.3) is 0 Å². The van der Waals surface area contributed by atoms with Gasteiger partial charge in [-0.2, -0.15) is 0 Å². The lowest BCUT2D eigenvalue weighted by atomic mass is 10.1. The summed E-state index contributed by atoms with van der Waals surface area (Å²) in [6.45, 7) is 5.17. The lowest BCUT2D eigenvalue weighted by Gasteiger charge is -2.26. The van der Waals surface area contributed by atoms with Crippen LogP contribution in [0.4, 0.5) is 4.39 Å². The molecule has 3 rings (SSSR count). The molecule has 1 aliphatic heterocycles. The fraction of sp³-hybridized carbons (Fsp3) is 0.667. The number of amides is 1. The first-order chi connectivity index (χ1) is 15.4. The molecule has 1 aromatic carbocycles. The smallest absolute Gasteiger partial charge is 0.239 e. The molecule has 2 unspecified atom stereocenters. The SMILES string of the molecule is CN=C(NCCCN1CCCC1C(=O)N(C)C)NC(C)c1ccc(OCC2CC2)c(F)c1.I. The Morgan fingerprint density at radius 3 is 2.73 bits per heavy atom. The molecule has 33 heavy (non-hydrogen) atoms. The van der Waals surface area contributed by atoms with E-state index in [4.69, 9.17) is 4.74 Å². The van der Waals surface area contributed by atoms with E-state index in [0.717, 1.165) is 44.5 Å². The quantitative estimate of drug-likeness (QED) is 0.194. The number of likely N-dealkylation sites (N-methyl/N-ethyl adjacent to an activating group) is 1. The molecule has 2 N–H and O–H groups in total. The number of rotatable bonds is 10. The molecule has 1 heterocycles. The van der Waals surface area contributed by atoms with E-state index in [-0.39, 0.29) is 47.8 Å². The summed E-state index contributed by atoms with van der Waals surface area (Å²) in [4.78, 5) is 20.6. The lowest BCUT2D eigenvalue weighted by molar-refractivity contribution is -0.133. The zero-order chi connectivity index (χ0) is 23.1. The number of halogens is 2. The van der Waals surface area contributed by atoms with Gasteiger partial charge in [-0.05, 0) is 69.2 Å². The Morgan fingerprint density at radius 2 is 2.09 bits per heavy atom.